The average Bonchev–Trinajstić information content (AvgIpc) is 2.77. The smallest absolute Gasteiger partial charge is 0.216 e. The molecule has 2 heterocycles. The van der Waals surface area contributed by atoms with Gasteiger partial charge < -0.3 is 9.47 Å². The van der Waals surface area contributed by atoms with E-state index in [1.54, 1.807) is 18.4 Å². The highest BCUT2D eigenvalue weighted by atomic mass is 32.1. The maximum atomic E-state index is 5.61. The Morgan fingerprint density at radius 3 is 2.76 bits per heavy atom. The Morgan fingerprint density at radius 2 is 2.06 bits per heavy atom. The van der Waals surface area contributed by atoms with Crippen molar-refractivity contribution in [3.8, 4) is 22.2 Å². The maximum Gasteiger partial charge on any atom is 0.216 e. The van der Waals surface area contributed by atoms with Crippen LogP contribution in [0.1, 0.15) is 13.8 Å². The van der Waals surface area contributed by atoms with Crippen molar-refractivity contribution in [2.24, 2.45) is 0 Å². The van der Waals surface area contributed by atoms with Crippen LogP contribution >= 0.6 is 11.3 Å². The maximum absolute atomic E-state index is 5.61. The van der Waals surface area contributed by atoms with E-state index in [0.717, 1.165) is 16.3 Å². The SMILES string of the molecule is COc1cc(-c2cc(OC(C)C)cs2)ncn1. The van der Waals surface area contributed by atoms with Crippen molar-refractivity contribution in [3.05, 3.63) is 23.8 Å². The third-order valence-electron chi connectivity index (χ3n) is 2.05. The minimum absolute atomic E-state index is 0.178. The highest BCUT2D eigenvalue weighted by Crippen LogP contribution is 2.31. The van der Waals surface area contributed by atoms with E-state index in [9.17, 15) is 0 Å². The van der Waals surface area contributed by atoms with Gasteiger partial charge in [0.15, 0.2) is 0 Å². The molecule has 0 bridgehead atoms. The number of ether oxygens (including phenoxy) is 2. The number of hydrogen-bond donors (Lipinski definition) is 0. The fraction of sp³-hybridized carbons (Fsp3) is 0.333. The summed E-state index contributed by atoms with van der Waals surface area (Å²) in [5, 5.41) is 1.98. The molecule has 0 unspecified atom stereocenters. The van der Waals surface area contributed by atoms with Gasteiger partial charge in [-0.15, -0.1) is 11.3 Å². The van der Waals surface area contributed by atoms with E-state index in [2.05, 4.69) is 9.97 Å². The second-order valence-corrected chi connectivity index (χ2v) is 4.67. The lowest BCUT2D eigenvalue weighted by atomic mass is 10.3. The molecule has 90 valence electrons. The van der Waals surface area contributed by atoms with E-state index in [1.807, 2.05) is 31.4 Å². The molecule has 0 saturated heterocycles. The molecule has 5 heteroatoms. The second kappa shape index (κ2) is 5.14. The summed E-state index contributed by atoms with van der Waals surface area (Å²) in [6.07, 6.45) is 1.68. The van der Waals surface area contributed by atoms with Crippen LogP contribution in [0.25, 0.3) is 10.6 Å². The molecular formula is C12H14N2O2S. The predicted molar refractivity (Wildman–Crippen MR) is 67.7 cm³/mol. The first-order valence-electron chi connectivity index (χ1n) is 5.30. The van der Waals surface area contributed by atoms with E-state index in [1.165, 1.54) is 6.33 Å². The molecule has 2 aromatic rings. The molecule has 0 aliphatic carbocycles. The molecule has 0 amide bonds. The second-order valence-electron chi connectivity index (χ2n) is 3.76. The lowest BCUT2D eigenvalue weighted by molar-refractivity contribution is 0.243. The van der Waals surface area contributed by atoms with Crippen LogP contribution in [0, 0.1) is 0 Å². The Labute approximate surface area is 104 Å². The molecular weight excluding hydrogens is 236 g/mol. The number of methoxy groups -OCH3 is 1. The van der Waals surface area contributed by atoms with Crippen molar-refractivity contribution in [2.45, 2.75) is 20.0 Å². The number of hydrogen-bond acceptors (Lipinski definition) is 5. The van der Waals surface area contributed by atoms with Gasteiger partial charge in [0.25, 0.3) is 0 Å². The Bertz CT molecular complexity index is 497. The van der Waals surface area contributed by atoms with Gasteiger partial charge in [-0.25, -0.2) is 9.97 Å². The molecule has 0 aromatic carbocycles. The molecule has 0 saturated carbocycles. The summed E-state index contributed by atoms with van der Waals surface area (Å²) < 4.78 is 10.7. The van der Waals surface area contributed by atoms with E-state index in [4.69, 9.17) is 9.47 Å². The first-order valence-corrected chi connectivity index (χ1v) is 6.18. The minimum Gasteiger partial charge on any atom is -0.490 e. The molecule has 0 aliphatic heterocycles. The zero-order valence-electron chi connectivity index (χ0n) is 10.0. The van der Waals surface area contributed by atoms with Crippen molar-refractivity contribution in [2.75, 3.05) is 7.11 Å². The van der Waals surface area contributed by atoms with Crippen molar-refractivity contribution in [1.82, 2.24) is 9.97 Å². The summed E-state index contributed by atoms with van der Waals surface area (Å²) in [6, 6.07) is 3.79. The summed E-state index contributed by atoms with van der Waals surface area (Å²) in [5.41, 5.74) is 0.848. The van der Waals surface area contributed by atoms with E-state index >= 15 is 0 Å². The van der Waals surface area contributed by atoms with Gasteiger partial charge in [0, 0.05) is 17.5 Å². The van der Waals surface area contributed by atoms with Crippen molar-refractivity contribution in [3.63, 3.8) is 0 Å². The monoisotopic (exact) mass is 250 g/mol. The molecule has 4 nitrogen and oxygen atoms in total. The predicted octanol–water partition coefficient (Wildman–Crippen LogP) is 3.00. The van der Waals surface area contributed by atoms with Crippen LogP contribution < -0.4 is 9.47 Å². The van der Waals surface area contributed by atoms with Crippen molar-refractivity contribution < 1.29 is 9.47 Å². The molecule has 2 rings (SSSR count). The summed E-state index contributed by atoms with van der Waals surface area (Å²) in [5.74, 6) is 1.44. The third kappa shape index (κ3) is 2.94. The minimum atomic E-state index is 0.178. The summed E-state index contributed by atoms with van der Waals surface area (Å²) in [4.78, 5) is 9.24. The highest BCUT2D eigenvalue weighted by Gasteiger charge is 2.07. The number of rotatable bonds is 4. The lowest BCUT2D eigenvalue weighted by Gasteiger charge is -2.05. The van der Waals surface area contributed by atoms with Crippen molar-refractivity contribution in [1.29, 1.82) is 0 Å². The average molecular weight is 250 g/mol. The lowest BCUT2D eigenvalue weighted by Crippen LogP contribution is -2.04. The zero-order valence-corrected chi connectivity index (χ0v) is 10.8. The topological polar surface area (TPSA) is 44.2 Å². The number of aromatic nitrogens is 2. The van der Waals surface area contributed by atoms with Crippen LogP contribution in [0.5, 0.6) is 11.6 Å². The van der Waals surface area contributed by atoms with Gasteiger partial charge in [-0.2, -0.15) is 0 Å². The van der Waals surface area contributed by atoms with E-state index < -0.39 is 0 Å². The van der Waals surface area contributed by atoms with Gasteiger partial charge in [-0.05, 0) is 13.8 Å². The normalized spacial score (nSPS) is 10.6. The molecule has 0 atom stereocenters. The Hall–Kier alpha value is -1.62. The Morgan fingerprint density at radius 1 is 1.24 bits per heavy atom. The summed E-state index contributed by atoms with van der Waals surface area (Å²) >= 11 is 1.59. The van der Waals surface area contributed by atoms with Crippen LogP contribution in [0.2, 0.25) is 0 Å². The molecule has 0 radical (unpaired) electrons. The van der Waals surface area contributed by atoms with E-state index in [-0.39, 0.29) is 6.10 Å². The number of thiophene rings is 1. The molecule has 0 aliphatic rings. The van der Waals surface area contributed by atoms with Crippen LogP contribution in [-0.4, -0.2) is 23.2 Å². The van der Waals surface area contributed by atoms with Gasteiger partial charge in [0.05, 0.1) is 23.8 Å². The standard InChI is InChI=1S/C12H14N2O2S/c1-8(2)16-9-4-11(17-6-9)10-5-12(15-3)14-7-13-10/h4-8H,1-3H3. The van der Waals surface area contributed by atoms with Crippen LogP contribution in [0.15, 0.2) is 23.8 Å². The number of nitrogens with zero attached hydrogens (tertiary/aromatic N) is 2. The van der Waals surface area contributed by atoms with Crippen LogP contribution in [0.4, 0.5) is 0 Å². The van der Waals surface area contributed by atoms with E-state index in [0.29, 0.717) is 5.88 Å². The first kappa shape index (κ1) is 11.9. The fourth-order valence-corrected chi connectivity index (χ4v) is 2.16. The first-order chi connectivity index (χ1) is 8.19. The van der Waals surface area contributed by atoms with Crippen LogP contribution in [-0.2, 0) is 0 Å². The fourth-order valence-electron chi connectivity index (χ4n) is 1.37. The van der Waals surface area contributed by atoms with Gasteiger partial charge in [0.2, 0.25) is 5.88 Å². The summed E-state index contributed by atoms with van der Waals surface area (Å²) in [6.45, 7) is 4.01. The third-order valence-corrected chi connectivity index (χ3v) is 2.98. The van der Waals surface area contributed by atoms with Crippen molar-refractivity contribution >= 4 is 11.3 Å². The van der Waals surface area contributed by atoms with Gasteiger partial charge >= 0.3 is 0 Å². The Balaban J connectivity index is 2.24. The molecule has 0 N–H and O–H groups in total. The largest absolute Gasteiger partial charge is 0.490 e. The molecule has 17 heavy (non-hydrogen) atoms. The van der Waals surface area contributed by atoms with Gasteiger partial charge in [0.1, 0.15) is 12.1 Å². The molecule has 0 spiro atoms. The van der Waals surface area contributed by atoms with Gasteiger partial charge in [-0.3, -0.25) is 0 Å². The zero-order chi connectivity index (χ0) is 12.3. The molecule has 0 fully saturated rings. The summed E-state index contributed by atoms with van der Waals surface area (Å²) in [7, 11) is 1.59. The highest BCUT2D eigenvalue weighted by molar-refractivity contribution is 7.13. The quantitative estimate of drug-likeness (QED) is 0.836. The Kier molecular flexibility index (Phi) is 3.58. The van der Waals surface area contributed by atoms with Crippen LogP contribution in [0.3, 0.4) is 0 Å². The molecule has 2 aromatic heterocycles. The van der Waals surface area contributed by atoms with Gasteiger partial charge in [-0.1, -0.05) is 0 Å².